The van der Waals surface area contributed by atoms with Crippen LogP contribution in [0.25, 0.3) is 22.0 Å². The molecule has 0 radical (unpaired) electrons. The summed E-state index contributed by atoms with van der Waals surface area (Å²) in [6.07, 6.45) is 5.54. The molecule has 1 N–H and O–H groups in total. The molecular formula is C23H20F2IN4O-. The quantitative estimate of drug-likeness (QED) is 0.512. The van der Waals surface area contributed by atoms with Crippen LogP contribution in [0.2, 0.25) is 0 Å². The first-order chi connectivity index (χ1) is 15.0. The van der Waals surface area contributed by atoms with Crippen LogP contribution in [-0.2, 0) is 0 Å². The summed E-state index contributed by atoms with van der Waals surface area (Å²) in [6.45, 7) is 4.04. The molecule has 0 unspecified atom stereocenters. The first-order valence-electron chi connectivity index (χ1n) is 9.56. The standard InChI is InChI=1S/C23H20F2IN4O/c1-13-4-5-15(11-26-30-13)14(2)29-23-19-8-16(18-7-6-17(24)10-20(18)25)9-21(31-3)22(19)27-12-28-23/h4-12,14H,1-3H3,(H,27,28,29)/q-1/t14-/m1/s1. The number of benzene rings is 2. The van der Waals surface area contributed by atoms with E-state index in [1.807, 2.05) is 13.0 Å². The predicted molar refractivity (Wildman–Crippen MR) is 115 cm³/mol. The van der Waals surface area contributed by atoms with Crippen LogP contribution in [0.4, 0.5) is 14.6 Å². The molecule has 0 saturated carbocycles. The number of allylic oxidation sites excluding steroid dienone is 1. The second-order valence-corrected chi connectivity index (χ2v) is 8.72. The third-order valence-electron chi connectivity index (χ3n) is 4.89. The molecule has 0 fully saturated rings. The fourth-order valence-electron chi connectivity index (χ4n) is 3.25. The van der Waals surface area contributed by atoms with Gasteiger partial charge in [0.2, 0.25) is 0 Å². The average molecular weight is 533 g/mol. The molecule has 3 aromatic rings. The van der Waals surface area contributed by atoms with Gasteiger partial charge in [-0.2, -0.15) is 0 Å². The molecule has 1 aliphatic rings. The third-order valence-corrected chi connectivity index (χ3v) is 6.93. The molecule has 2 heterocycles. The molecule has 4 rings (SSSR count). The number of rotatable bonds is 5. The normalized spacial score (nSPS) is 14.9. The number of hydrogen-bond acceptors (Lipinski definition) is 5. The Morgan fingerprint density at radius 3 is 2.71 bits per heavy atom. The number of halogens is 3. The van der Waals surface area contributed by atoms with E-state index in [1.54, 1.807) is 12.1 Å². The third kappa shape index (κ3) is 4.58. The topological polar surface area (TPSA) is 59.4 Å². The maximum atomic E-state index is 14.4. The Balaban J connectivity index is 1.77. The van der Waals surface area contributed by atoms with Crippen molar-refractivity contribution < 1.29 is 35.0 Å². The number of anilines is 1. The van der Waals surface area contributed by atoms with Crippen LogP contribution in [0.5, 0.6) is 5.75 Å². The summed E-state index contributed by atoms with van der Waals surface area (Å²) in [4.78, 5) is 8.78. The van der Waals surface area contributed by atoms with E-state index in [1.165, 1.54) is 25.6 Å². The number of nitrogens with one attached hydrogen (secondary N) is 1. The SMILES string of the molecule is COc1cc(-c2ccc(F)cc2F)cc2c(N[C@H](C)C3=C[I-]N=C(C)C=C3)ncnc12. The van der Waals surface area contributed by atoms with Gasteiger partial charge in [-0.05, 0) is 0 Å². The molecule has 1 aromatic heterocycles. The van der Waals surface area contributed by atoms with Crippen molar-refractivity contribution in [2.75, 3.05) is 12.4 Å². The molecule has 0 spiro atoms. The van der Waals surface area contributed by atoms with Crippen molar-refractivity contribution in [3.8, 4) is 16.9 Å². The van der Waals surface area contributed by atoms with E-state index < -0.39 is 33.1 Å². The summed E-state index contributed by atoms with van der Waals surface area (Å²) in [6, 6.07) is 6.98. The molecule has 160 valence electrons. The summed E-state index contributed by atoms with van der Waals surface area (Å²) in [5.74, 6) is -0.179. The Labute approximate surface area is 189 Å². The first-order valence-corrected chi connectivity index (χ1v) is 11.8. The number of methoxy groups -OCH3 is 1. The van der Waals surface area contributed by atoms with E-state index in [2.05, 4.69) is 35.6 Å². The molecule has 1 atom stereocenters. The van der Waals surface area contributed by atoms with Crippen LogP contribution >= 0.6 is 0 Å². The number of nitrogens with zero attached hydrogens (tertiary/aromatic N) is 3. The molecule has 8 heteroatoms. The van der Waals surface area contributed by atoms with Crippen molar-refractivity contribution in [2.24, 2.45) is 3.21 Å². The Morgan fingerprint density at radius 2 is 1.94 bits per heavy atom. The fraction of sp³-hybridized carbons (Fsp3) is 0.174. The molecule has 2 aromatic carbocycles. The Bertz CT molecular complexity index is 1240. The van der Waals surface area contributed by atoms with Crippen LogP contribution in [-0.4, -0.2) is 28.8 Å². The van der Waals surface area contributed by atoms with Crippen molar-refractivity contribution >= 4 is 22.4 Å². The Hall–Kier alpha value is -2.88. The molecule has 31 heavy (non-hydrogen) atoms. The Kier molecular flexibility index (Phi) is 6.26. The van der Waals surface area contributed by atoms with Crippen molar-refractivity contribution in [3.63, 3.8) is 0 Å². The van der Waals surface area contributed by atoms with E-state index >= 15 is 0 Å². The maximum absolute atomic E-state index is 14.4. The van der Waals surface area contributed by atoms with Gasteiger partial charge in [0.1, 0.15) is 0 Å². The number of hydrogen-bond donors (Lipinski definition) is 1. The summed E-state index contributed by atoms with van der Waals surface area (Å²) < 4.78 is 40.0. The van der Waals surface area contributed by atoms with Gasteiger partial charge in [0.25, 0.3) is 0 Å². The minimum atomic E-state index is -0.644. The minimum absolute atomic E-state index is 0.0210. The molecule has 0 saturated heterocycles. The van der Waals surface area contributed by atoms with Crippen molar-refractivity contribution in [2.45, 2.75) is 19.9 Å². The van der Waals surface area contributed by atoms with Gasteiger partial charge in [0.05, 0.1) is 0 Å². The zero-order chi connectivity index (χ0) is 22.0. The van der Waals surface area contributed by atoms with Crippen molar-refractivity contribution in [1.82, 2.24) is 9.97 Å². The number of ether oxygens (including phenoxy) is 1. The monoisotopic (exact) mass is 533 g/mol. The van der Waals surface area contributed by atoms with Gasteiger partial charge in [-0.1, -0.05) is 0 Å². The van der Waals surface area contributed by atoms with Gasteiger partial charge in [-0.3, -0.25) is 0 Å². The van der Waals surface area contributed by atoms with E-state index in [9.17, 15) is 8.78 Å². The van der Waals surface area contributed by atoms with E-state index in [-0.39, 0.29) is 11.6 Å². The van der Waals surface area contributed by atoms with Crippen molar-refractivity contribution in [1.29, 1.82) is 0 Å². The summed E-state index contributed by atoms with van der Waals surface area (Å²) in [5, 5.41) is 4.13. The van der Waals surface area contributed by atoms with Gasteiger partial charge in [0.15, 0.2) is 0 Å². The second kappa shape index (κ2) is 9.09. The van der Waals surface area contributed by atoms with Gasteiger partial charge in [-0.15, -0.1) is 0 Å². The van der Waals surface area contributed by atoms with Crippen LogP contribution in [0.1, 0.15) is 13.8 Å². The zero-order valence-electron chi connectivity index (χ0n) is 17.2. The molecular weight excluding hydrogens is 513 g/mol. The summed E-state index contributed by atoms with van der Waals surface area (Å²) >= 11 is -0.391. The van der Waals surface area contributed by atoms with Crippen LogP contribution in [0, 0.1) is 11.6 Å². The molecule has 1 aliphatic heterocycles. The van der Waals surface area contributed by atoms with E-state index in [4.69, 9.17) is 4.74 Å². The van der Waals surface area contributed by atoms with Crippen LogP contribution in [0.15, 0.2) is 61.7 Å². The molecule has 0 aliphatic carbocycles. The Morgan fingerprint density at radius 1 is 1.10 bits per heavy atom. The number of fused-ring (bicyclic) bond motifs is 1. The zero-order valence-corrected chi connectivity index (χ0v) is 19.3. The van der Waals surface area contributed by atoms with Gasteiger partial charge >= 0.3 is 186 Å². The van der Waals surface area contributed by atoms with Gasteiger partial charge in [0, 0.05) is 0 Å². The van der Waals surface area contributed by atoms with E-state index in [0.717, 1.165) is 17.4 Å². The van der Waals surface area contributed by atoms with Crippen LogP contribution < -0.4 is 31.5 Å². The number of aromatic nitrogens is 2. The molecule has 0 bridgehead atoms. The van der Waals surface area contributed by atoms with Crippen LogP contribution in [0.3, 0.4) is 0 Å². The van der Waals surface area contributed by atoms with Crippen molar-refractivity contribution in [3.05, 3.63) is 70.1 Å². The summed E-state index contributed by atoms with van der Waals surface area (Å²) in [7, 11) is 1.53. The first kappa shape index (κ1) is 21.4. The molecule has 5 nitrogen and oxygen atoms in total. The fourth-order valence-corrected chi connectivity index (χ4v) is 5.06. The van der Waals surface area contributed by atoms with Gasteiger partial charge in [-0.25, -0.2) is 4.39 Å². The second-order valence-electron chi connectivity index (χ2n) is 7.05. The average Bonchev–Trinajstić information content (AvgIpc) is 2.98. The van der Waals surface area contributed by atoms with E-state index in [0.29, 0.717) is 28.0 Å². The summed E-state index contributed by atoms with van der Waals surface area (Å²) in [5.41, 5.74) is 3.59. The predicted octanol–water partition coefficient (Wildman–Crippen LogP) is 2.30. The molecule has 0 amide bonds. The van der Waals surface area contributed by atoms with Gasteiger partial charge < -0.3 is 0 Å².